The molecule has 44 heavy (non-hydrogen) atoms. The van der Waals surface area contributed by atoms with E-state index in [0.29, 0.717) is 17.2 Å². The number of benzene rings is 3. The number of anilines is 1. The third kappa shape index (κ3) is 7.82. The van der Waals surface area contributed by atoms with E-state index in [2.05, 4.69) is 5.32 Å². The molecule has 236 valence electrons. The van der Waals surface area contributed by atoms with Crippen molar-refractivity contribution in [3.63, 3.8) is 0 Å². The molecule has 1 aliphatic rings. The summed E-state index contributed by atoms with van der Waals surface area (Å²) in [5.74, 6) is 0.490. The summed E-state index contributed by atoms with van der Waals surface area (Å²) >= 11 is 0. The molecule has 0 spiro atoms. The second-order valence-corrected chi connectivity index (χ2v) is 12.6. The van der Waals surface area contributed by atoms with Gasteiger partial charge in [-0.1, -0.05) is 49.6 Å². The molecule has 0 radical (unpaired) electrons. The highest BCUT2D eigenvalue weighted by Crippen LogP contribution is 2.34. The maximum atomic E-state index is 14.2. The van der Waals surface area contributed by atoms with Crippen LogP contribution in [0.15, 0.2) is 77.7 Å². The molecule has 0 heterocycles. The number of carbonyl (C=O) groups excluding carboxylic acids is 2. The number of carbonyl (C=O) groups is 2. The van der Waals surface area contributed by atoms with Crippen LogP contribution in [0, 0.1) is 0 Å². The van der Waals surface area contributed by atoms with E-state index < -0.39 is 28.5 Å². The van der Waals surface area contributed by atoms with Gasteiger partial charge in [-0.3, -0.25) is 13.9 Å². The lowest BCUT2D eigenvalue weighted by Gasteiger charge is -2.33. The van der Waals surface area contributed by atoms with Gasteiger partial charge in [0.2, 0.25) is 11.8 Å². The van der Waals surface area contributed by atoms with Crippen molar-refractivity contribution in [3.8, 4) is 17.2 Å². The first-order valence-electron chi connectivity index (χ1n) is 14.7. The number of hydrogen-bond acceptors (Lipinski definition) is 7. The van der Waals surface area contributed by atoms with Gasteiger partial charge >= 0.3 is 0 Å². The fourth-order valence-corrected chi connectivity index (χ4v) is 6.77. The Morgan fingerprint density at radius 2 is 1.57 bits per heavy atom. The molecule has 10 nitrogen and oxygen atoms in total. The van der Waals surface area contributed by atoms with E-state index >= 15 is 0 Å². The van der Waals surface area contributed by atoms with Crippen LogP contribution in [0.1, 0.15) is 44.6 Å². The van der Waals surface area contributed by atoms with Crippen LogP contribution in [0.3, 0.4) is 0 Å². The average molecular weight is 624 g/mol. The lowest BCUT2D eigenvalue weighted by molar-refractivity contribution is -0.139. The van der Waals surface area contributed by atoms with Crippen LogP contribution in [0.4, 0.5) is 5.69 Å². The van der Waals surface area contributed by atoms with Gasteiger partial charge in [0.25, 0.3) is 10.0 Å². The zero-order valence-corrected chi connectivity index (χ0v) is 26.5. The molecular weight excluding hydrogens is 582 g/mol. The van der Waals surface area contributed by atoms with Gasteiger partial charge in [0.05, 0.1) is 31.9 Å². The predicted octanol–water partition coefficient (Wildman–Crippen LogP) is 4.77. The Bertz CT molecular complexity index is 1530. The normalized spacial score (nSPS) is 14.3. The second kappa shape index (κ2) is 15.0. The molecule has 0 aliphatic heterocycles. The van der Waals surface area contributed by atoms with Crippen LogP contribution in [0.5, 0.6) is 17.2 Å². The fourth-order valence-electron chi connectivity index (χ4n) is 5.35. The van der Waals surface area contributed by atoms with Crippen LogP contribution in [-0.4, -0.2) is 65.1 Å². The Morgan fingerprint density at radius 3 is 2.23 bits per heavy atom. The van der Waals surface area contributed by atoms with Gasteiger partial charge in [0.1, 0.15) is 18.3 Å². The monoisotopic (exact) mass is 623 g/mol. The number of ether oxygens (including phenoxy) is 3. The van der Waals surface area contributed by atoms with E-state index in [4.69, 9.17) is 14.2 Å². The van der Waals surface area contributed by atoms with Gasteiger partial charge in [0, 0.05) is 18.7 Å². The first-order chi connectivity index (χ1) is 21.2. The van der Waals surface area contributed by atoms with Crippen molar-refractivity contribution in [2.75, 3.05) is 32.2 Å². The summed E-state index contributed by atoms with van der Waals surface area (Å²) in [6.45, 7) is 1.18. The Labute approximate surface area is 260 Å². The summed E-state index contributed by atoms with van der Waals surface area (Å²) < 4.78 is 45.3. The highest BCUT2D eigenvalue weighted by molar-refractivity contribution is 7.92. The highest BCUT2D eigenvalue weighted by Gasteiger charge is 2.33. The summed E-state index contributed by atoms with van der Waals surface area (Å²) in [6, 6.07) is 19.0. The molecule has 3 aromatic rings. The first-order valence-corrected chi connectivity index (χ1v) is 16.1. The number of amides is 2. The molecule has 2 amide bonds. The molecule has 0 aromatic heterocycles. The van der Waals surface area contributed by atoms with E-state index in [9.17, 15) is 18.0 Å². The number of nitrogens with zero attached hydrogens (tertiary/aromatic N) is 2. The lowest BCUT2D eigenvalue weighted by atomic mass is 9.95. The minimum atomic E-state index is -4.21. The predicted molar refractivity (Wildman–Crippen MR) is 169 cm³/mol. The third-order valence-corrected chi connectivity index (χ3v) is 9.66. The summed E-state index contributed by atoms with van der Waals surface area (Å²) in [5.41, 5.74) is 0.944. The maximum Gasteiger partial charge on any atom is 0.264 e. The van der Waals surface area contributed by atoms with Crippen LogP contribution >= 0.6 is 0 Å². The summed E-state index contributed by atoms with van der Waals surface area (Å²) in [4.78, 5) is 29.2. The van der Waals surface area contributed by atoms with Crippen LogP contribution in [0.2, 0.25) is 0 Å². The van der Waals surface area contributed by atoms with Gasteiger partial charge in [-0.15, -0.1) is 0 Å². The number of hydrogen-bond donors (Lipinski definition) is 1. The molecule has 1 fully saturated rings. The Kier molecular flexibility index (Phi) is 11.1. The Morgan fingerprint density at radius 1 is 0.864 bits per heavy atom. The largest absolute Gasteiger partial charge is 0.497 e. The van der Waals surface area contributed by atoms with E-state index in [1.165, 1.54) is 37.3 Å². The highest BCUT2D eigenvalue weighted by atomic mass is 32.2. The smallest absolute Gasteiger partial charge is 0.264 e. The third-order valence-electron chi connectivity index (χ3n) is 7.87. The van der Waals surface area contributed by atoms with Gasteiger partial charge in [-0.2, -0.15) is 0 Å². The quantitative estimate of drug-likeness (QED) is 0.292. The molecule has 4 rings (SSSR count). The Balaban J connectivity index is 1.72. The number of methoxy groups -OCH3 is 3. The SMILES string of the molecule is COc1cccc(CN(C(=O)CN(c2ccc(OC)c(OC)c2)S(=O)(=O)c2ccccc2)[C@@H](C)C(=O)NC2CCCCC2)c1. The van der Waals surface area contributed by atoms with Crippen molar-refractivity contribution in [1.29, 1.82) is 0 Å². The minimum absolute atomic E-state index is 0.0185. The fraction of sp³-hybridized carbons (Fsp3) is 0.394. The zero-order chi connectivity index (χ0) is 31.7. The van der Waals surface area contributed by atoms with Crippen LogP contribution in [-0.2, 0) is 26.2 Å². The topological polar surface area (TPSA) is 114 Å². The van der Waals surface area contributed by atoms with E-state index in [-0.39, 0.29) is 29.1 Å². The van der Waals surface area contributed by atoms with Crippen molar-refractivity contribution in [3.05, 3.63) is 78.4 Å². The van der Waals surface area contributed by atoms with Crippen molar-refractivity contribution in [1.82, 2.24) is 10.2 Å². The van der Waals surface area contributed by atoms with E-state index in [0.717, 1.165) is 42.0 Å². The van der Waals surface area contributed by atoms with Gasteiger partial charge in [-0.25, -0.2) is 8.42 Å². The molecule has 0 saturated heterocycles. The van der Waals surface area contributed by atoms with Gasteiger partial charge < -0.3 is 24.4 Å². The van der Waals surface area contributed by atoms with Crippen LogP contribution < -0.4 is 23.8 Å². The van der Waals surface area contributed by atoms with Gasteiger partial charge in [0.15, 0.2) is 11.5 Å². The lowest BCUT2D eigenvalue weighted by Crippen LogP contribution is -2.53. The van der Waals surface area contributed by atoms with Crippen molar-refractivity contribution < 1.29 is 32.2 Å². The van der Waals surface area contributed by atoms with E-state index in [1.807, 2.05) is 6.07 Å². The molecule has 1 aliphatic carbocycles. The molecule has 1 saturated carbocycles. The molecule has 1 atom stereocenters. The maximum absolute atomic E-state index is 14.2. The molecule has 11 heteroatoms. The molecule has 1 N–H and O–H groups in total. The van der Waals surface area contributed by atoms with Crippen molar-refractivity contribution in [2.45, 2.75) is 62.6 Å². The number of nitrogens with one attached hydrogen (secondary N) is 1. The molecule has 0 unspecified atom stereocenters. The zero-order valence-electron chi connectivity index (χ0n) is 25.7. The Hall–Kier alpha value is -4.25. The van der Waals surface area contributed by atoms with E-state index in [1.54, 1.807) is 62.6 Å². The summed E-state index contributed by atoms with van der Waals surface area (Å²) in [5, 5.41) is 3.11. The number of sulfonamides is 1. The first kappa shape index (κ1) is 32.7. The second-order valence-electron chi connectivity index (χ2n) is 10.8. The standard InChI is InChI=1S/C33H41N3O7S/c1-24(33(38)34-26-13-7-5-8-14-26)35(22-25-12-11-15-28(20-25)41-2)32(37)23-36(44(39,40)29-16-9-6-10-17-29)27-18-19-30(42-3)31(21-27)43-4/h6,9-12,15-21,24,26H,5,7-8,13-14,22-23H2,1-4H3,(H,34,38)/t24-/m0/s1. The summed E-state index contributed by atoms with van der Waals surface area (Å²) in [6.07, 6.45) is 5.02. The van der Waals surface area contributed by atoms with Crippen LogP contribution in [0.25, 0.3) is 0 Å². The molecule has 3 aromatic carbocycles. The van der Waals surface area contributed by atoms with Gasteiger partial charge in [-0.05, 0) is 61.7 Å². The average Bonchev–Trinajstić information content (AvgIpc) is 3.06. The summed E-state index contributed by atoms with van der Waals surface area (Å²) in [7, 11) is 0.274. The van der Waals surface area contributed by atoms with Crippen molar-refractivity contribution >= 4 is 27.5 Å². The van der Waals surface area contributed by atoms with Crippen molar-refractivity contribution in [2.24, 2.45) is 0 Å². The minimum Gasteiger partial charge on any atom is -0.497 e. The molecular formula is C33H41N3O7S. The molecule has 0 bridgehead atoms. The number of rotatable bonds is 13.